The summed E-state index contributed by atoms with van der Waals surface area (Å²) in [5.74, 6) is -0.443. The van der Waals surface area contributed by atoms with Crippen molar-refractivity contribution in [1.29, 1.82) is 0 Å². The molecular weight excluding hydrogens is 594 g/mol. The zero-order chi connectivity index (χ0) is 30.9. The van der Waals surface area contributed by atoms with E-state index in [2.05, 4.69) is 16.0 Å². The Labute approximate surface area is 264 Å². The molecule has 9 heteroatoms. The van der Waals surface area contributed by atoms with Crippen LogP contribution >= 0.6 is 23.4 Å². The summed E-state index contributed by atoms with van der Waals surface area (Å²) < 4.78 is 5.15. The summed E-state index contributed by atoms with van der Waals surface area (Å²) in [4.78, 5) is 40.0. The van der Waals surface area contributed by atoms with Gasteiger partial charge in [-0.3, -0.25) is 14.4 Å². The zero-order valence-corrected chi connectivity index (χ0v) is 25.2. The highest BCUT2D eigenvalue weighted by atomic mass is 35.5. The first kappa shape index (κ1) is 30.4. The molecule has 3 N–H and O–H groups in total. The van der Waals surface area contributed by atoms with Gasteiger partial charge in [0.1, 0.15) is 11.4 Å². The number of halogens is 1. The minimum atomic E-state index is -0.488. The second-order valence-electron chi connectivity index (χ2n) is 9.61. The van der Waals surface area contributed by atoms with E-state index in [0.29, 0.717) is 27.7 Å². The van der Waals surface area contributed by atoms with E-state index in [1.807, 2.05) is 54.6 Å². The summed E-state index contributed by atoms with van der Waals surface area (Å²) in [6.45, 7) is 0. The number of anilines is 2. The molecule has 0 aliphatic carbocycles. The van der Waals surface area contributed by atoms with E-state index in [4.69, 9.17) is 16.3 Å². The van der Waals surface area contributed by atoms with Crippen LogP contribution in [0, 0.1) is 0 Å². The van der Waals surface area contributed by atoms with Gasteiger partial charge in [-0.25, -0.2) is 0 Å². The normalized spacial score (nSPS) is 11.1. The summed E-state index contributed by atoms with van der Waals surface area (Å²) in [7, 11) is 1.52. The molecular formula is C35H28ClN3O4S. The first-order valence-corrected chi connectivity index (χ1v) is 15.0. The van der Waals surface area contributed by atoms with Crippen LogP contribution in [-0.4, -0.2) is 30.6 Å². The van der Waals surface area contributed by atoms with Crippen molar-refractivity contribution >= 4 is 69.3 Å². The Hall–Kier alpha value is -5.05. The number of rotatable bonds is 10. The largest absolute Gasteiger partial charge is 0.495 e. The zero-order valence-electron chi connectivity index (χ0n) is 23.7. The Bertz CT molecular complexity index is 1850. The number of amides is 3. The van der Waals surface area contributed by atoms with Gasteiger partial charge in [0.2, 0.25) is 5.91 Å². The van der Waals surface area contributed by atoms with Gasteiger partial charge in [0.25, 0.3) is 11.8 Å². The molecule has 0 radical (unpaired) electrons. The highest BCUT2D eigenvalue weighted by Crippen LogP contribution is 2.28. The Balaban J connectivity index is 1.31. The molecule has 5 aromatic rings. The molecule has 220 valence electrons. The molecule has 0 atom stereocenters. The molecule has 0 aliphatic rings. The Morgan fingerprint density at radius 2 is 1.52 bits per heavy atom. The predicted octanol–water partition coefficient (Wildman–Crippen LogP) is 7.64. The quantitative estimate of drug-likeness (QED) is 0.110. The van der Waals surface area contributed by atoms with Crippen LogP contribution in [0.1, 0.15) is 15.9 Å². The van der Waals surface area contributed by atoms with Crippen LogP contribution in [0.5, 0.6) is 5.75 Å². The van der Waals surface area contributed by atoms with E-state index in [-0.39, 0.29) is 17.4 Å². The third-order valence-corrected chi connectivity index (χ3v) is 7.84. The van der Waals surface area contributed by atoms with Crippen molar-refractivity contribution in [2.75, 3.05) is 23.5 Å². The number of carbonyl (C=O) groups excluding carboxylic acids is 3. The smallest absolute Gasteiger partial charge is 0.272 e. The number of methoxy groups -OCH3 is 1. The molecule has 0 bridgehead atoms. The van der Waals surface area contributed by atoms with Crippen molar-refractivity contribution < 1.29 is 19.1 Å². The fourth-order valence-corrected chi connectivity index (χ4v) is 5.44. The molecule has 0 aromatic heterocycles. The number of hydrogen-bond donors (Lipinski definition) is 3. The fourth-order valence-electron chi connectivity index (χ4n) is 4.43. The van der Waals surface area contributed by atoms with Gasteiger partial charge in [-0.05, 0) is 70.9 Å². The molecule has 5 aromatic carbocycles. The van der Waals surface area contributed by atoms with Gasteiger partial charge in [-0.15, -0.1) is 11.8 Å². The number of carbonyl (C=O) groups is 3. The van der Waals surface area contributed by atoms with E-state index in [1.54, 1.807) is 66.7 Å². The van der Waals surface area contributed by atoms with E-state index >= 15 is 0 Å². The standard InChI is InChI=1S/C35H28ClN3O4S/c1-43-32-18-17-27(21-30(32)36)37-33(40)22-44-28-15-8-14-26(20-28)38-35(42)31(39-34(41)24-10-3-2-4-11-24)19-25-13-7-12-23-9-5-6-16-29(23)25/h2-21H,22H2,1H3,(H,37,40)(H,38,42)(H,39,41)/b31-19+. The van der Waals surface area contributed by atoms with Gasteiger partial charge >= 0.3 is 0 Å². The number of nitrogens with one attached hydrogen (secondary N) is 3. The number of fused-ring (bicyclic) bond motifs is 1. The predicted molar refractivity (Wildman–Crippen MR) is 178 cm³/mol. The number of thioether (sulfide) groups is 1. The van der Waals surface area contributed by atoms with E-state index in [9.17, 15) is 14.4 Å². The maximum Gasteiger partial charge on any atom is 0.272 e. The Morgan fingerprint density at radius 1 is 0.795 bits per heavy atom. The van der Waals surface area contributed by atoms with Gasteiger partial charge in [0.15, 0.2) is 0 Å². The lowest BCUT2D eigenvalue weighted by atomic mass is 10.0. The van der Waals surface area contributed by atoms with Crippen molar-refractivity contribution in [2.24, 2.45) is 0 Å². The molecule has 0 aliphatic heterocycles. The molecule has 0 heterocycles. The van der Waals surface area contributed by atoms with Crippen molar-refractivity contribution in [2.45, 2.75) is 4.90 Å². The van der Waals surface area contributed by atoms with Crippen LogP contribution in [0.15, 0.2) is 126 Å². The van der Waals surface area contributed by atoms with Crippen LogP contribution in [0.4, 0.5) is 11.4 Å². The molecule has 7 nitrogen and oxygen atoms in total. The van der Waals surface area contributed by atoms with Crippen molar-refractivity contribution in [3.05, 3.63) is 137 Å². The molecule has 0 saturated carbocycles. The maximum absolute atomic E-state index is 13.6. The lowest BCUT2D eigenvalue weighted by Gasteiger charge is -2.13. The average Bonchev–Trinajstić information content (AvgIpc) is 3.04. The van der Waals surface area contributed by atoms with E-state index < -0.39 is 11.8 Å². The maximum atomic E-state index is 13.6. The summed E-state index contributed by atoms with van der Waals surface area (Å²) >= 11 is 7.47. The summed E-state index contributed by atoms with van der Waals surface area (Å²) in [5, 5.41) is 10.9. The molecule has 0 fully saturated rings. The van der Waals surface area contributed by atoms with E-state index in [1.165, 1.54) is 18.9 Å². The third-order valence-electron chi connectivity index (χ3n) is 6.55. The SMILES string of the molecule is COc1ccc(NC(=O)CSc2cccc(NC(=O)/C(=C\c3cccc4ccccc34)NC(=O)c3ccccc3)c2)cc1Cl. The summed E-state index contributed by atoms with van der Waals surface area (Å²) in [6.07, 6.45) is 1.67. The monoisotopic (exact) mass is 621 g/mol. The van der Waals surface area contributed by atoms with Crippen LogP contribution in [0.3, 0.4) is 0 Å². The number of ether oxygens (including phenoxy) is 1. The van der Waals surface area contributed by atoms with Crippen LogP contribution in [-0.2, 0) is 9.59 Å². The van der Waals surface area contributed by atoms with Crippen LogP contribution in [0.25, 0.3) is 16.8 Å². The lowest BCUT2D eigenvalue weighted by molar-refractivity contribution is -0.114. The summed E-state index contributed by atoms with van der Waals surface area (Å²) in [5.41, 5.74) is 2.38. The highest BCUT2D eigenvalue weighted by Gasteiger charge is 2.16. The fraction of sp³-hybridized carbons (Fsp3) is 0.0571. The minimum Gasteiger partial charge on any atom is -0.495 e. The van der Waals surface area contributed by atoms with Crippen molar-refractivity contribution in [1.82, 2.24) is 5.32 Å². The van der Waals surface area contributed by atoms with E-state index in [0.717, 1.165) is 21.2 Å². The molecule has 44 heavy (non-hydrogen) atoms. The van der Waals surface area contributed by atoms with Crippen LogP contribution < -0.4 is 20.7 Å². The van der Waals surface area contributed by atoms with Gasteiger partial charge in [-0.1, -0.05) is 78.3 Å². The van der Waals surface area contributed by atoms with Crippen molar-refractivity contribution in [3.63, 3.8) is 0 Å². The first-order valence-electron chi connectivity index (χ1n) is 13.6. The molecule has 5 rings (SSSR count). The van der Waals surface area contributed by atoms with Gasteiger partial charge in [0.05, 0.1) is 17.9 Å². The highest BCUT2D eigenvalue weighted by molar-refractivity contribution is 8.00. The first-order chi connectivity index (χ1) is 21.4. The number of benzene rings is 5. The van der Waals surface area contributed by atoms with Gasteiger partial charge in [-0.2, -0.15) is 0 Å². The van der Waals surface area contributed by atoms with Crippen LogP contribution in [0.2, 0.25) is 5.02 Å². The molecule has 0 saturated heterocycles. The topological polar surface area (TPSA) is 96.5 Å². The molecule has 3 amide bonds. The molecule has 0 spiro atoms. The Morgan fingerprint density at radius 3 is 2.32 bits per heavy atom. The average molecular weight is 622 g/mol. The summed E-state index contributed by atoms with van der Waals surface area (Å²) in [6, 6.07) is 34.5. The second-order valence-corrected chi connectivity index (χ2v) is 11.1. The van der Waals surface area contributed by atoms with Crippen molar-refractivity contribution in [3.8, 4) is 5.75 Å². The lowest BCUT2D eigenvalue weighted by Crippen LogP contribution is -2.30. The molecule has 0 unspecified atom stereocenters. The van der Waals surface area contributed by atoms with Gasteiger partial charge in [0, 0.05) is 21.8 Å². The van der Waals surface area contributed by atoms with Gasteiger partial charge < -0.3 is 20.7 Å². The minimum absolute atomic E-state index is 0.0887. The third kappa shape index (κ3) is 7.86. The second kappa shape index (κ2) is 14.4. The number of hydrogen-bond acceptors (Lipinski definition) is 5. The Kier molecular flexibility index (Phi) is 9.96.